The minimum absolute atomic E-state index is 0.336. The zero-order valence-electron chi connectivity index (χ0n) is 16.4. The second-order valence-electron chi connectivity index (χ2n) is 7.41. The highest BCUT2D eigenvalue weighted by molar-refractivity contribution is 7.99. The summed E-state index contributed by atoms with van der Waals surface area (Å²) in [7, 11) is 1.80. The van der Waals surface area contributed by atoms with Gasteiger partial charge in [0.2, 0.25) is 10.0 Å². The number of nitrogens with zero attached hydrogens (tertiary/aromatic N) is 3. The van der Waals surface area contributed by atoms with Crippen molar-refractivity contribution in [2.24, 2.45) is 0 Å². The van der Waals surface area contributed by atoms with E-state index in [4.69, 9.17) is 0 Å². The molecule has 1 fully saturated rings. The number of fused-ring (bicyclic) bond motifs is 2. The van der Waals surface area contributed by atoms with Gasteiger partial charge >= 0.3 is 0 Å². The molecule has 0 amide bonds. The molecule has 5 nitrogen and oxygen atoms in total. The van der Waals surface area contributed by atoms with Crippen LogP contribution in [0.1, 0.15) is 11.1 Å². The third-order valence-corrected chi connectivity index (χ3v) is 8.26. The second-order valence-corrected chi connectivity index (χ2v) is 10.6. The SMILES string of the molecule is CN1CCN(C2=Cc3ccccc3Sc3ccc(S(=O)(=O)N(C)C)cc32)CC1. The van der Waals surface area contributed by atoms with E-state index in [1.807, 2.05) is 18.2 Å². The molecule has 0 saturated carbocycles. The van der Waals surface area contributed by atoms with Crippen LogP contribution in [0.25, 0.3) is 11.8 Å². The highest BCUT2D eigenvalue weighted by Crippen LogP contribution is 2.42. The van der Waals surface area contributed by atoms with Gasteiger partial charge < -0.3 is 9.80 Å². The first-order valence-electron chi connectivity index (χ1n) is 9.35. The van der Waals surface area contributed by atoms with E-state index in [0.717, 1.165) is 42.3 Å². The molecule has 0 unspecified atom stereocenters. The van der Waals surface area contributed by atoms with Gasteiger partial charge in [-0.2, -0.15) is 0 Å². The molecule has 2 aliphatic heterocycles. The van der Waals surface area contributed by atoms with E-state index in [9.17, 15) is 8.42 Å². The molecule has 2 aromatic carbocycles. The van der Waals surface area contributed by atoms with Crippen molar-refractivity contribution in [3.8, 4) is 0 Å². The van der Waals surface area contributed by atoms with Gasteiger partial charge in [0.05, 0.1) is 4.90 Å². The highest BCUT2D eigenvalue weighted by Gasteiger charge is 2.26. The number of piperazine rings is 1. The van der Waals surface area contributed by atoms with E-state index in [1.165, 1.54) is 14.8 Å². The van der Waals surface area contributed by atoms with E-state index in [2.05, 4.69) is 41.1 Å². The first-order valence-corrected chi connectivity index (χ1v) is 11.6. The smallest absolute Gasteiger partial charge is 0.242 e. The van der Waals surface area contributed by atoms with Gasteiger partial charge in [-0.3, -0.25) is 0 Å². The molecule has 2 aliphatic rings. The summed E-state index contributed by atoms with van der Waals surface area (Å²) in [5.41, 5.74) is 3.28. The minimum Gasteiger partial charge on any atom is -0.368 e. The van der Waals surface area contributed by atoms with Crippen LogP contribution in [0.3, 0.4) is 0 Å². The molecule has 7 heteroatoms. The summed E-state index contributed by atoms with van der Waals surface area (Å²) in [5, 5.41) is 0. The van der Waals surface area contributed by atoms with Gasteiger partial charge in [-0.05, 0) is 43.0 Å². The van der Waals surface area contributed by atoms with Gasteiger partial charge in [0, 0.05) is 61.3 Å². The van der Waals surface area contributed by atoms with Crippen LogP contribution in [0.4, 0.5) is 0 Å². The lowest BCUT2D eigenvalue weighted by Crippen LogP contribution is -2.43. The van der Waals surface area contributed by atoms with Crippen LogP contribution in [-0.2, 0) is 10.0 Å². The first-order chi connectivity index (χ1) is 13.4. The molecule has 2 aromatic rings. The van der Waals surface area contributed by atoms with Crippen molar-refractivity contribution >= 4 is 33.6 Å². The second kappa shape index (κ2) is 7.55. The molecule has 0 radical (unpaired) electrons. The molecule has 0 atom stereocenters. The summed E-state index contributed by atoms with van der Waals surface area (Å²) < 4.78 is 26.7. The Morgan fingerprint density at radius 2 is 1.68 bits per heavy atom. The molecule has 2 heterocycles. The Balaban J connectivity index is 1.87. The van der Waals surface area contributed by atoms with E-state index in [1.54, 1.807) is 31.9 Å². The maximum atomic E-state index is 12.7. The average molecular weight is 416 g/mol. The number of sulfonamides is 1. The Bertz CT molecular complexity index is 1020. The maximum absolute atomic E-state index is 12.7. The predicted octanol–water partition coefficient (Wildman–Crippen LogP) is 3.15. The van der Waals surface area contributed by atoms with Gasteiger partial charge in [-0.25, -0.2) is 12.7 Å². The van der Waals surface area contributed by atoms with Crippen molar-refractivity contribution in [1.29, 1.82) is 0 Å². The molecule has 0 bridgehead atoms. The molecule has 0 aromatic heterocycles. The van der Waals surface area contributed by atoms with Crippen LogP contribution in [0, 0.1) is 0 Å². The van der Waals surface area contributed by atoms with Crippen LogP contribution in [0.2, 0.25) is 0 Å². The monoisotopic (exact) mass is 415 g/mol. The molecule has 0 aliphatic carbocycles. The molecule has 0 spiro atoms. The van der Waals surface area contributed by atoms with Crippen molar-refractivity contribution in [1.82, 2.24) is 14.1 Å². The molecular formula is C21H25N3O2S2. The molecular weight excluding hydrogens is 390 g/mol. The number of rotatable bonds is 3. The van der Waals surface area contributed by atoms with E-state index in [0.29, 0.717) is 4.90 Å². The highest BCUT2D eigenvalue weighted by atomic mass is 32.2. The van der Waals surface area contributed by atoms with Crippen molar-refractivity contribution < 1.29 is 8.42 Å². The van der Waals surface area contributed by atoms with Crippen molar-refractivity contribution in [2.45, 2.75) is 14.7 Å². The molecule has 4 rings (SSSR count). The van der Waals surface area contributed by atoms with Crippen molar-refractivity contribution in [3.05, 3.63) is 53.6 Å². The standard InChI is InChI=1S/C21H25N3O2S2/c1-22(2)28(25,26)17-8-9-21-18(15-17)19(24-12-10-23(3)11-13-24)14-16-6-4-5-7-20(16)27-21/h4-9,14-15H,10-13H2,1-3H3. The summed E-state index contributed by atoms with van der Waals surface area (Å²) in [6.07, 6.45) is 2.21. The van der Waals surface area contributed by atoms with Crippen LogP contribution < -0.4 is 0 Å². The lowest BCUT2D eigenvalue weighted by Gasteiger charge is -2.36. The van der Waals surface area contributed by atoms with Crippen LogP contribution in [-0.4, -0.2) is 69.8 Å². The third kappa shape index (κ3) is 3.59. The quantitative estimate of drug-likeness (QED) is 0.771. The Labute approximate surface area is 171 Å². The topological polar surface area (TPSA) is 43.9 Å². The Hall–Kier alpha value is -1.80. The number of hydrogen-bond acceptors (Lipinski definition) is 5. The Morgan fingerprint density at radius 3 is 2.39 bits per heavy atom. The van der Waals surface area contributed by atoms with Crippen molar-refractivity contribution in [2.75, 3.05) is 47.3 Å². The first kappa shape index (κ1) is 19.5. The fourth-order valence-corrected chi connectivity index (χ4v) is 5.48. The van der Waals surface area contributed by atoms with Crippen molar-refractivity contribution in [3.63, 3.8) is 0 Å². The summed E-state index contributed by atoms with van der Waals surface area (Å²) in [4.78, 5) is 7.32. The van der Waals surface area contributed by atoms with Gasteiger partial charge in [-0.15, -0.1) is 0 Å². The van der Waals surface area contributed by atoms with Gasteiger partial charge in [0.15, 0.2) is 0 Å². The van der Waals surface area contributed by atoms with Gasteiger partial charge in [0.25, 0.3) is 0 Å². The van der Waals surface area contributed by atoms with E-state index >= 15 is 0 Å². The number of hydrogen-bond donors (Lipinski definition) is 0. The average Bonchev–Trinajstić information content (AvgIpc) is 2.84. The van der Waals surface area contributed by atoms with Crippen LogP contribution in [0.15, 0.2) is 57.2 Å². The molecule has 0 N–H and O–H groups in total. The maximum Gasteiger partial charge on any atom is 0.242 e. The zero-order valence-corrected chi connectivity index (χ0v) is 18.1. The van der Waals surface area contributed by atoms with Gasteiger partial charge in [0.1, 0.15) is 0 Å². The van der Waals surface area contributed by atoms with Gasteiger partial charge in [-0.1, -0.05) is 30.0 Å². The minimum atomic E-state index is -3.48. The lowest BCUT2D eigenvalue weighted by molar-refractivity contribution is 0.207. The fourth-order valence-electron chi connectivity index (χ4n) is 3.51. The fraction of sp³-hybridized carbons (Fsp3) is 0.333. The van der Waals surface area contributed by atoms with Crippen LogP contribution in [0.5, 0.6) is 0 Å². The molecule has 148 valence electrons. The Kier molecular flexibility index (Phi) is 5.26. The normalized spacial score (nSPS) is 17.7. The van der Waals surface area contributed by atoms with E-state index < -0.39 is 10.0 Å². The zero-order chi connectivity index (χ0) is 19.9. The summed E-state index contributed by atoms with van der Waals surface area (Å²) in [6.45, 7) is 3.85. The number of likely N-dealkylation sites (N-methyl/N-ethyl adjacent to an activating group) is 1. The molecule has 1 saturated heterocycles. The third-order valence-electron chi connectivity index (χ3n) is 5.28. The van der Waals surface area contributed by atoms with Crippen LogP contribution >= 0.6 is 11.8 Å². The lowest BCUT2D eigenvalue weighted by atomic mass is 10.1. The largest absolute Gasteiger partial charge is 0.368 e. The number of benzene rings is 2. The van der Waals surface area contributed by atoms with E-state index in [-0.39, 0.29) is 0 Å². The molecule has 28 heavy (non-hydrogen) atoms. The predicted molar refractivity (Wildman–Crippen MR) is 115 cm³/mol. The summed E-state index contributed by atoms with van der Waals surface area (Å²) in [6, 6.07) is 13.9. The summed E-state index contributed by atoms with van der Waals surface area (Å²) >= 11 is 1.70. The Morgan fingerprint density at radius 1 is 0.964 bits per heavy atom. The summed E-state index contributed by atoms with van der Waals surface area (Å²) in [5.74, 6) is 0.